The van der Waals surface area contributed by atoms with Crippen molar-refractivity contribution in [2.45, 2.75) is 26.2 Å². The third-order valence-electron chi connectivity index (χ3n) is 15.6. The quantitative estimate of drug-likeness (QED) is 0.112. The molecule has 0 unspecified atom stereocenters. The van der Waals surface area contributed by atoms with Crippen LogP contribution in [0.2, 0.25) is 0 Å². The zero-order chi connectivity index (χ0) is 52.2. The molecule has 15 rings (SSSR count). The molecule has 7 nitrogen and oxygen atoms in total. The maximum Gasteiger partial charge on any atom is 0.268 e. The van der Waals surface area contributed by atoms with Gasteiger partial charge in [-0.05, 0) is 80.7 Å². The fourth-order valence-electron chi connectivity index (χ4n) is 12.1. The molecule has 0 bridgehead atoms. The monoisotopic (exact) mass is 1200 g/mol. The number of rotatable bonds is 8. The van der Waals surface area contributed by atoms with E-state index in [4.69, 9.17) is 9.72 Å². The van der Waals surface area contributed by atoms with Crippen LogP contribution in [0.5, 0.6) is 11.5 Å². The minimum atomic E-state index is -0.131. The molecule has 0 saturated carbocycles. The van der Waals surface area contributed by atoms with Gasteiger partial charge in [0.05, 0.1) is 38.8 Å². The van der Waals surface area contributed by atoms with E-state index >= 15 is 0 Å². The van der Waals surface area contributed by atoms with Crippen LogP contribution in [0.15, 0.2) is 231 Å². The Kier molecular flexibility index (Phi) is 11.4. The molecule has 0 spiro atoms. The number of para-hydroxylation sites is 6. The van der Waals surface area contributed by atoms with Crippen molar-refractivity contribution in [2.75, 3.05) is 0 Å². The number of ether oxygens (including phenoxy) is 1. The van der Waals surface area contributed by atoms with Gasteiger partial charge in [0.25, 0.3) is 6.33 Å². The Labute approximate surface area is 471 Å². The third-order valence-corrected chi connectivity index (χ3v) is 15.6. The molecule has 0 radical (unpaired) electrons. The molecule has 0 fully saturated rings. The van der Waals surface area contributed by atoms with Crippen LogP contribution in [0.25, 0.3) is 122 Å². The van der Waals surface area contributed by atoms with E-state index in [1.807, 2.05) is 18.3 Å². The van der Waals surface area contributed by atoms with E-state index in [1.165, 1.54) is 16.3 Å². The third kappa shape index (κ3) is 7.59. The summed E-state index contributed by atoms with van der Waals surface area (Å²) < 4.78 is 18.4. The van der Waals surface area contributed by atoms with Crippen molar-refractivity contribution in [3.63, 3.8) is 0 Å². The van der Waals surface area contributed by atoms with Crippen LogP contribution in [-0.2, 0) is 33.5 Å². The molecule has 0 aliphatic heterocycles. The SMILES string of the molecule is Cn1c2ccccc2c2c3c4ccc(Oc5[c-]c(-[n+]6[c-]n(-c7c(-c8ccccc8)cccc7-c7ccccc7)c7ccccc76)ccc5)[c-]c4n(-c4cc(C(C)(C)C)ccn4)c3c3c4ccccc4n(-c4ccccc4)c3c21.[Pt]. The molecule has 5 aromatic heterocycles. The minimum Gasteiger partial charge on any atom is -0.510 e. The largest absolute Gasteiger partial charge is 0.510 e. The standard InChI is InChI=1S/C71H50N6O.Pt/c1-71(2,3)48-40-41-72-63(42-48)77-62-44-52(38-39-57(62)64-65-55-30-14-16-34-58(55)73(4)69(65)70-66(68(64)77)56-31-15-17-35-59(56)76(70)49-26-12-7-13-27-49)78-51-29-20-28-50(43-51)74-45-75(61-37-19-18-36-60(61)74)67-53(46-22-8-5-9-23-46)32-21-33-54(67)47-24-10-6-11-25-47;/h5-42H,1-4H3;/q-2;. The van der Waals surface area contributed by atoms with Crippen LogP contribution in [0, 0.1) is 18.5 Å². The Balaban J connectivity index is 0.00000564. The van der Waals surface area contributed by atoms with Gasteiger partial charge in [-0.2, -0.15) is 18.2 Å². The van der Waals surface area contributed by atoms with Crippen LogP contribution in [0.1, 0.15) is 26.3 Å². The van der Waals surface area contributed by atoms with Gasteiger partial charge < -0.3 is 23.0 Å². The first-order valence-corrected chi connectivity index (χ1v) is 26.5. The van der Waals surface area contributed by atoms with Gasteiger partial charge in [-0.25, -0.2) is 4.98 Å². The number of aromatic nitrogens is 6. The van der Waals surface area contributed by atoms with Crippen LogP contribution in [0.4, 0.5) is 0 Å². The Morgan fingerprint density at radius 2 is 1.09 bits per heavy atom. The molecule has 0 amide bonds. The summed E-state index contributed by atoms with van der Waals surface area (Å²) in [6.45, 7) is 6.77. The van der Waals surface area contributed by atoms with Gasteiger partial charge in [-0.15, -0.1) is 29.7 Å². The maximum atomic E-state index is 6.97. The zero-order valence-corrected chi connectivity index (χ0v) is 46.1. The Bertz CT molecular complexity index is 4810. The molecule has 0 saturated heterocycles. The number of hydrogen-bond donors (Lipinski definition) is 0. The maximum absolute atomic E-state index is 6.97. The molecule has 382 valence electrons. The number of fused-ring (bicyclic) bond motifs is 13. The predicted molar refractivity (Wildman–Crippen MR) is 318 cm³/mol. The van der Waals surface area contributed by atoms with Crippen molar-refractivity contribution in [1.82, 2.24) is 23.3 Å². The van der Waals surface area contributed by atoms with Gasteiger partial charge in [-0.3, -0.25) is 4.57 Å². The van der Waals surface area contributed by atoms with Crippen LogP contribution < -0.4 is 9.30 Å². The summed E-state index contributed by atoms with van der Waals surface area (Å²) in [6, 6.07) is 86.8. The topological polar surface area (TPSA) is 45.7 Å². The Morgan fingerprint density at radius 1 is 0.494 bits per heavy atom. The summed E-state index contributed by atoms with van der Waals surface area (Å²) in [5.74, 6) is 1.93. The average Bonchev–Trinajstić information content (AvgIpc) is 2.34. The van der Waals surface area contributed by atoms with Crippen molar-refractivity contribution in [1.29, 1.82) is 0 Å². The molecule has 0 aliphatic rings. The Morgan fingerprint density at radius 3 is 1.80 bits per heavy atom. The molecule has 8 heteroatoms. The first-order chi connectivity index (χ1) is 38.3. The summed E-state index contributed by atoms with van der Waals surface area (Å²) in [5, 5.41) is 6.87. The summed E-state index contributed by atoms with van der Waals surface area (Å²) in [7, 11) is 2.21. The second kappa shape index (κ2) is 18.7. The first-order valence-electron chi connectivity index (χ1n) is 26.5. The van der Waals surface area contributed by atoms with Crippen molar-refractivity contribution in [3.05, 3.63) is 255 Å². The average molecular weight is 1200 g/mol. The predicted octanol–water partition coefficient (Wildman–Crippen LogP) is 17.0. The number of pyridine rings is 1. The summed E-state index contributed by atoms with van der Waals surface area (Å²) in [4.78, 5) is 5.22. The molecule has 0 atom stereocenters. The van der Waals surface area contributed by atoms with Gasteiger partial charge in [0.15, 0.2) is 0 Å². The molecule has 0 N–H and O–H groups in total. The van der Waals surface area contributed by atoms with E-state index < -0.39 is 0 Å². The molecule has 5 heterocycles. The van der Waals surface area contributed by atoms with Crippen LogP contribution in [0.3, 0.4) is 0 Å². The van der Waals surface area contributed by atoms with E-state index in [2.05, 4.69) is 281 Å². The van der Waals surface area contributed by atoms with Crippen LogP contribution >= 0.6 is 0 Å². The summed E-state index contributed by atoms with van der Waals surface area (Å²) >= 11 is 0. The number of hydrogen-bond acceptors (Lipinski definition) is 2. The molecule has 15 aromatic rings. The number of benzene rings is 10. The number of nitrogens with zero attached hydrogens (tertiary/aromatic N) is 6. The molecular formula is C71H50N6OPt-2. The summed E-state index contributed by atoms with van der Waals surface area (Å²) in [6.07, 6.45) is 5.75. The van der Waals surface area contributed by atoms with Crippen molar-refractivity contribution < 1.29 is 30.4 Å². The molecule has 79 heavy (non-hydrogen) atoms. The van der Waals surface area contributed by atoms with E-state index in [0.29, 0.717) is 11.5 Å². The van der Waals surface area contributed by atoms with Gasteiger partial charge in [0, 0.05) is 78.6 Å². The van der Waals surface area contributed by atoms with Gasteiger partial charge >= 0.3 is 0 Å². The molecule has 0 aliphatic carbocycles. The van der Waals surface area contributed by atoms with Gasteiger partial charge in [0.2, 0.25) is 0 Å². The molecular weight excluding hydrogens is 1150 g/mol. The summed E-state index contributed by atoms with van der Waals surface area (Å²) in [5.41, 5.74) is 17.0. The van der Waals surface area contributed by atoms with Gasteiger partial charge in [0.1, 0.15) is 5.82 Å². The van der Waals surface area contributed by atoms with E-state index in [0.717, 1.165) is 111 Å². The van der Waals surface area contributed by atoms with Gasteiger partial charge in [-0.1, -0.05) is 184 Å². The Hall–Kier alpha value is -9.29. The smallest absolute Gasteiger partial charge is 0.268 e. The second-order valence-corrected chi connectivity index (χ2v) is 21.2. The fraction of sp³-hybridized carbons (Fsp3) is 0.0704. The minimum absolute atomic E-state index is 0. The van der Waals surface area contributed by atoms with E-state index in [9.17, 15) is 0 Å². The number of aryl methyl sites for hydroxylation is 1. The van der Waals surface area contributed by atoms with Crippen molar-refractivity contribution >= 4 is 76.5 Å². The zero-order valence-electron chi connectivity index (χ0n) is 43.8. The van der Waals surface area contributed by atoms with E-state index in [-0.39, 0.29) is 26.5 Å². The van der Waals surface area contributed by atoms with Crippen molar-refractivity contribution in [3.8, 4) is 56.6 Å². The normalized spacial score (nSPS) is 11.9. The van der Waals surface area contributed by atoms with Crippen molar-refractivity contribution in [2.24, 2.45) is 7.05 Å². The molecule has 10 aromatic carbocycles. The fourth-order valence-corrected chi connectivity index (χ4v) is 12.1. The van der Waals surface area contributed by atoms with Crippen LogP contribution in [-0.4, -0.2) is 23.3 Å². The second-order valence-electron chi connectivity index (χ2n) is 21.2. The number of imidazole rings is 1. The van der Waals surface area contributed by atoms with E-state index in [1.54, 1.807) is 0 Å². The first kappa shape index (κ1) is 48.1.